The summed E-state index contributed by atoms with van der Waals surface area (Å²) in [7, 11) is 0. The SMILES string of the molecule is OCCCC1(C2=CC=CC2)CCCO1. The van der Waals surface area contributed by atoms with Crippen molar-refractivity contribution in [2.75, 3.05) is 13.2 Å². The highest BCUT2D eigenvalue weighted by Gasteiger charge is 2.37. The Morgan fingerprint density at radius 1 is 1.50 bits per heavy atom. The quantitative estimate of drug-likeness (QED) is 0.743. The molecular formula is C12H18O2. The van der Waals surface area contributed by atoms with Gasteiger partial charge in [-0.2, -0.15) is 0 Å². The molecule has 1 aliphatic heterocycles. The maximum absolute atomic E-state index is 8.89. The van der Waals surface area contributed by atoms with Crippen LogP contribution in [0, 0.1) is 0 Å². The van der Waals surface area contributed by atoms with E-state index in [0.29, 0.717) is 0 Å². The van der Waals surface area contributed by atoms with Gasteiger partial charge in [-0.05, 0) is 37.7 Å². The van der Waals surface area contributed by atoms with Crippen molar-refractivity contribution in [1.82, 2.24) is 0 Å². The summed E-state index contributed by atoms with van der Waals surface area (Å²) in [6.45, 7) is 1.15. The second-order valence-corrected chi connectivity index (χ2v) is 4.10. The molecule has 0 spiro atoms. The number of ether oxygens (including phenoxy) is 1. The van der Waals surface area contributed by atoms with Crippen LogP contribution in [0.25, 0.3) is 0 Å². The molecule has 1 aliphatic carbocycles. The molecule has 1 saturated heterocycles. The topological polar surface area (TPSA) is 29.5 Å². The van der Waals surface area contributed by atoms with Gasteiger partial charge in [0.25, 0.3) is 0 Å². The predicted octanol–water partition coefficient (Wildman–Crippen LogP) is 2.19. The zero-order valence-electron chi connectivity index (χ0n) is 8.54. The summed E-state index contributed by atoms with van der Waals surface area (Å²) in [6, 6.07) is 0. The molecule has 2 heteroatoms. The molecule has 1 atom stereocenters. The molecule has 0 bridgehead atoms. The van der Waals surface area contributed by atoms with Crippen LogP contribution in [-0.2, 0) is 4.74 Å². The lowest BCUT2D eigenvalue weighted by Gasteiger charge is -2.30. The molecule has 0 saturated carbocycles. The summed E-state index contributed by atoms with van der Waals surface area (Å²) in [5, 5.41) is 8.89. The van der Waals surface area contributed by atoms with E-state index >= 15 is 0 Å². The minimum Gasteiger partial charge on any atom is -0.396 e. The van der Waals surface area contributed by atoms with Gasteiger partial charge in [0, 0.05) is 13.2 Å². The van der Waals surface area contributed by atoms with Crippen molar-refractivity contribution in [2.45, 2.75) is 37.7 Å². The molecule has 78 valence electrons. The van der Waals surface area contributed by atoms with Crippen molar-refractivity contribution in [3.63, 3.8) is 0 Å². The van der Waals surface area contributed by atoms with Gasteiger partial charge < -0.3 is 9.84 Å². The van der Waals surface area contributed by atoms with Crippen molar-refractivity contribution >= 4 is 0 Å². The van der Waals surface area contributed by atoms with Crippen LogP contribution in [0.1, 0.15) is 32.1 Å². The Labute approximate surface area is 85.3 Å². The highest BCUT2D eigenvalue weighted by atomic mass is 16.5. The highest BCUT2D eigenvalue weighted by molar-refractivity contribution is 5.31. The van der Waals surface area contributed by atoms with Crippen LogP contribution >= 0.6 is 0 Å². The fourth-order valence-corrected chi connectivity index (χ4v) is 2.46. The van der Waals surface area contributed by atoms with Crippen LogP contribution in [0.15, 0.2) is 23.8 Å². The summed E-state index contributed by atoms with van der Waals surface area (Å²) in [5.41, 5.74) is 1.37. The molecule has 0 aromatic rings. The van der Waals surface area contributed by atoms with E-state index in [9.17, 15) is 0 Å². The van der Waals surface area contributed by atoms with Gasteiger partial charge in [-0.3, -0.25) is 0 Å². The van der Waals surface area contributed by atoms with Crippen LogP contribution in [0.3, 0.4) is 0 Å². The zero-order valence-corrected chi connectivity index (χ0v) is 8.54. The van der Waals surface area contributed by atoms with Gasteiger partial charge in [0.05, 0.1) is 5.60 Å². The summed E-state index contributed by atoms with van der Waals surface area (Å²) in [6.07, 6.45) is 11.6. The number of hydrogen-bond acceptors (Lipinski definition) is 2. The monoisotopic (exact) mass is 194 g/mol. The van der Waals surface area contributed by atoms with Crippen molar-refractivity contribution < 1.29 is 9.84 Å². The van der Waals surface area contributed by atoms with Gasteiger partial charge >= 0.3 is 0 Å². The van der Waals surface area contributed by atoms with Gasteiger partial charge in [0.15, 0.2) is 0 Å². The highest BCUT2D eigenvalue weighted by Crippen LogP contribution is 2.40. The number of rotatable bonds is 4. The van der Waals surface area contributed by atoms with Crippen molar-refractivity contribution in [3.8, 4) is 0 Å². The first-order valence-electron chi connectivity index (χ1n) is 5.48. The molecule has 0 aromatic carbocycles. The van der Waals surface area contributed by atoms with Gasteiger partial charge in [-0.15, -0.1) is 0 Å². The molecule has 1 heterocycles. The van der Waals surface area contributed by atoms with Crippen LogP contribution in [0.4, 0.5) is 0 Å². The summed E-state index contributed by atoms with van der Waals surface area (Å²) < 4.78 is 5.91. The Morgan fingerprint density at radius 3 is 3.00 bits per heavy atom. The van der Waals surface area contributed by atoms with Gasteiger partial charge in [-0.25, -0.2) is 0 Å². The third-order valence-electron chi connectivity index (χ3n) is 3.20. The molecule has 14 heavy (non-hydrogen) atoms. The standard InChI is InChI=1S/C12H18O2/c13-9-3-7-12(8-4-10-14-12)11-5-1-2-6-11/h1-2,5,13H,3-4,6-10H2. The van der Waals surface area contributed by atoms with E-state index < -0.39 is 0 Å². The lowest BCUT2D eigenvalue weighted by atomic mass is 9.85. The summed E-state index contributed by atoms with van der Waals surface area (Å²) in [5.74, 6) is 0. The van der Waals surface area contributed by atoms with E-state index in [-0.39, 0.29) is 12.2 Å². The largest absolute Gasteiger partial charge is 0.396 e. The lowest BCUT2D eigenvalue weighted by Crippen LogP contribution is -2.30. The molecule has 0 amide bonds. The van der Waals surface area contributed by atoms with E-state index in [1.165, 1.54) is 5.57 Å². The van der Waals surface area contributed by atoms with Gasteiger partial charge in [0.1, 0.15) is 0 Å². The van der Waals surface area contributed by atoms with Crippen LogP contribution in [0.5, 0.6) is 0 Å². The van der Waals surface area contributed by atoms with E-state index in [4.69, 9.17) is 9.84 Å². The Balaban J connectivity index is 2.05. The predicted molar refractivity (Wildman–Crippen MR) is 56.1 cm³/mol. The number of aliphatic hydroxyl groups excluding tert-OH is 1. The second kappa shape index (κ2) is 4.28. The molecular weight excluding hydrogens is 176 g/mol. The number of hydrogen-bond donors (Lipinski definition) is 1. The first-order valence-corrected chi connectivity index (χ1v) is 5.48. The fraction of sp³-hybridized carbons (Fsp3) is 0.667. The Kier molecular flexibility index (Phi) is 3.04. The fourth-order valence-electron chi connectivity index (χ4n) is 2.46. The smallest absolute Gasteiger partial charge is 0.0899 e. The third-order valence-corrected chi connectivity index (χ3v) is 3.20. The number of allylic oxidation sites excluding steroid dienone is 3. The minimum atomic E-state index is -0.0355. The van der Waals surface area contributed by atoms with E-state index in [1.807, 2.05) is 0 Å². The second-order valence-electron chi connectivity index (χ2n) is 4.10. The van der Waals surface area contributed by atoms with E-state index in [2.05, 4.69) is 18.2 Å². The normalized spacial score (nSPS) is 31.1. The summed E-state index contributed by atoms with van der Waals surface area (Å²) >= 11 is 0. The van der Waals surface area contributed by atoms with Crippen LogP contribution in [-0.4, -0.2) is 23.9 Å². The maximum atomic E-state index is 8.89. The van der Waals surface area contributed by atoms with Crippen molar-refractivity contribution in [1.29, 1.82) is 0 Å². The average Bonchev–Trinajstić information content (AvgIpc) is 2.86. The van der Waals surface area contributed by atoms with Crippen LogP contribution in [0.2, 0.25) is 0 Å². The van der Waals surface area contributed by atoms with E-state index in [1.54, 1.807) is 0 Å². The first-order chi connectivity index (χ1) is 6.87. The molecule has 0 radical (unpaired) electrons. The minimum absolute atomic E-state index is 0.0355. The number of aliphatic hydroxyl groups is 1. The molecule has 0 aromatic heterocycles. The van der Waals surface area contributed by atoms with E-state index in [0.717, 1.165) is 38.7 Å². The molecule has 1 fully saturated rings. The molecule has 2 nitrogen and oxygen atoms in total. The Bertz CT molecular complexity index is 247. The Hall–Kier alpha value is -0.600. The molecule has 1 N–H and O–H groups in total. The van der Waals surface area contributed by atoms with Gasteiger partial charge in [-0.1, -0.05) is 18.2 Å². The maximum Gasteiger partial charge on any atom is 0.0899 e. The molecule has 2 rings (SSSR count). The third kappa shape index (κ3) is 1.77. The van der Waals surface area contributed by atoms with Crippen molar-refractivity contribution in [2.24, 2.45) is 0 Å². The average molecular weight is 194 g/mol. The van der Waals surface area contributed by atoms with Crippen molar-refractivity contribution in [3.05, 3.63) is 23.8 Å². The molecule has 2 aliphatic rings. The zero-order chi connectivity index (χ0) is 9.86. The Morgan fingerprint density at radius 2 is 2.43 bits per heavy atom. The van der Waals surface area contributed by atoms with Gasteiger partial charge in [0.2, 0.25) is 0 Å². The lowest BCUT2D eigenvalue weighted by molar-refractivity contribution is 0.0220. The summed E-state index contributed by atoms with van der Waals surface area (Å²) in [4.78, 5) is 0. The van der Waals surface area contributed by atoms with Crippen LogP contribution < -0.4 is 0 Å². The first kappa shape index (κ1) is 9.94. The molecule has 1 unspecified atom stereocenters.